The average molecular weight is 483 g/mol. The highest BCUT2D eigenvalue weighted by molar-refractivity contribution is 5.96. The Morgan fingerprint density at radius 2 is 1.66 bits per heavy atom. The van der Waals surface area contributed by atoms with Crippen LogP contribution in [0.5, 0.6) is 0 Å². The quantitative estimate of drug-likeness (QED) is 0.409. The molecule has 0 bridgehead atoms. The minimum absolute atomic E-state index is 0.116. The molecular weight excluding hydrogens is 461 g/mol. The summed E-state index contributed by atoms with van der Waals surface area (Å²) >= 11 is 0. The van der Waals surface area contributed by atoms with E-state index in [-0.39, 0.29) is 25.3 Å². The maximum absolute atomic E-state index is 13.3. The van der Waals surface area contributed by atoms with Crippen molar-refractivity contribution in [3.05, 3.63) is 89.6 Å². The topological polar surface area (TPSA) is 81.1 Å². The van der Waals surface area contributed by atoms with E-state index in [0.29, 0.717) is 24.6 Å². The molecule has 0 atom stereocenters. The summed E-state index contributed by atoms with van der Waals surface area (Å²) < 4.78 is 44.9. The Labute approximate surface area is 200 Å². The first kappa shape index (κ1) is 24.1. The van der Waals surface area contributed by atoms with Crippen molar-refractivity contribution >= 4 is 23.5 Å². The van der Waals surface area contributed by atoms with Gasteiger partial charge in [-0.1, -0.05) is 42.5 Å². The van der Waals surface area contributed by atoms with Gasteiger partial charge >= 0.3 is 6.18 Å². The number of pyridine rings is 1. The lowest BCUT2D eigenvalue weighted by molar-refractivity contribution is -0.251. The van der Waals surface area contributed by atoms with Gasteiger partial charge in [-0.2, -0.15) is 13.2 Å². The van der Waals surface area contributed by atoms with Crippen molar-refractivity contribution in [2.75, 3.05) is 31.1 Å². The maximum atomic E-state index is 13.3. The SMILES string of the molecule is O=C(c1ccccc1C(F)(F)F)N1CCN(c2ccc(N=C([O-])OCc3ccccc3)cn2)CC1. The predicted octanol–water partition coefficient (Wildman–Crippen LogP) is 3.63. The van der Waals surface area contributed by atoms with Gasteiger partial charge in [0.2, 0.25) is 0 Å². The molecule has 0 spiro atoms. The molecule has 7 nitrogen and oxygen atoms in total. The molecule has 0 saturated carbocycles. The molecule has 1 amide bonds. The number of ether oxygens (including phenoxy) is 1. The van der Waals surface area contributed by atoms with Crippen LogP contribution in [0.4, 0.5) is 24.7 Å². The van der Waals surface area contributed by atoms with E-state index in [0.717, 1.165) is 11.6 Å². The highest BCUT2D eigenvalue weighted by atomic mass is 19.4. The van der Waals surface area contributed by atoms with Gasteiger partial charge in [0, 0.05) is 32.8 Å². The fourth-order valence-corrected chi connectivity index (χ4v) is 3.71. The number of carbonyl (C=O) groups is 1. The van der Waals surface area contributed by atoms with Gasteiger partial charge in [-0.05, 0) is 29.8 Å². The fraction of sp³-hybridized carbons (Fsp3) is 0.240. The summed E-state index contributed by atoms with van der Waals surface area (Å²) in [6.07, 6.45) is -3.88. The van der Waals surface area contributed by atoms with Crippen LogP contribution in [-0.2, 0) is 17.5 Å². The van der Waals surface area contributed by atoms with Crippen LogP contribution < -0.4 is 10.0 Å². The van der Waals surface area contributed by atoms with Gasteiger partial charge in [-0.3, -0.25) is 4.79 Å². The number of aromatic nitrogens is 1. The normalized spacial score (nSPS) is 14.7. The van der Waals surface area contributed by atoms with E-state index < -0.39 is 23.7 Å². The zero-order valence-corrected chi connectivity index (χ0v) is 18.6. The smallest absolute Gasteiger partial charge is 0.417 e. The van der Waals surface area contributed by atoms with Crippen LogP contribution in [-0.4, -0.2) is 48.1 Å². The minimum atomic E-state index is -4.60. The third kappa shape index (κ3) is 6.08. The molecule has 0 radical (unpaired) electrons. The van der Waals surface area contributed by atoms with Crippen LogP contribution >= 0.6 is 0 Å². The first-order valence-electron chi connectivity index (χ1n) is 10.9. The van der Waals surface area contributed by atoms with Gasteiger partial charge in [0.15, 0.2) is 6.08 Å². The lowest BCUT2D eigenvalue weighted by Gasteiger charge is -2.35. The summed E-state index contributed by atoms with van der Waals surface area (Å²) in [6, 6.07) is 17.4. The van der Waals surface area contributed by atoms with Crippen molar-refractivity contribution < 1.29 is 27.8 Å². The van der Waals surface area contributed by atoms with E-state index in [2.05, 4.69) is 9.98 Å². The predicted molar refractivity (Wildman–Crippen MR) is 122 cm³/mol. The Morgan fingerprint density at radius 3 is 2.31 bits per heavy atom. The van der Waals surface area contributed by atoms with Crippen LogP contribution in [0.25, 0.3) is 0 Å². The Kier molecular flexibility index (Phi) is 7.19. The zero-order chi connectivity index (χ0) is 24.8. The van der Waals surface area contributed by atoms with Crippen molar-refractivity contribution in [1.29, 1.82) is 0 Å². The monoisotopic (exact) mass is 483 g/mol. The molecule has 182 valence electrons. The average Bonchev–Trinajstić information content (AvgIpc) is 2.88. The Morgan fingerprint density at radius 1 is 0.971 bits per heavy atom. The summed E-state index contributed by atoms with van der Waals surface area (Å²) in [5, 5.41) is 11.9. The van der Waals surface area contributed by atoms with Crippen molar-refractivity contribution in [2.24, 2.45) is 4.99 Å². The molecule has 1 aromatic heterocycles. The summed E-state index contributed by atoms with van der Waals surface area (Å²) in [5.41, 5.74) is -0.0964. The number of carbonyl (C=O) groups excluding carboxylic acids is 1. The van der Waals surface area contributed by atoms with Crippen molar-refractivity contribution in [2.45, 2.75) is 12.8 Å². The second-order valence-electron chi connectivity index (χ2n) is 7.85. The number of hydrogen-bond donors (Lipinski definition) is 0. The highest BCUT2D eigenvalue weighted by Gasteiger charge is 2.36. The van der Waals surface area contributed by atoms with Crippen molar-refractivity contribution in [3.8, 4) is 0 Å². The highest BCUT2D eigenvalue weighted by Crippen LogP contribution is 2.32. The zero-order valence-electron chi connectivity index (χ0n) is 18.6. The Bertz CT molecular complexity index is 1180. The second-order valence-corrected chi connectivity index (χ2v) is 7.85. The van der Waals surface area contributed by atoms with E-state index >= 15 is 0 Å². The summed E-state index contributed by atoms with van der Waals surface area (Å²) in [5.74, 6) is -0.0295. The van der Waals surface area contributed by atoms with Crippen LogP contribution in [0.2, 0.25) is 0 Å². The Balaban J connectivity index is 1.33. The molecule has 1 saturated heterocycles. The molecule has 0 N–H and O–H groups in total. The van der Waals surface area contributed by atoms with E-state index in [4.69, 9.17) is 4.74 Å². The molecule has 4 rings (SSSR count). The van der Waals surface area contributed by atoms with Crippen LogP contribution in [0.1, 0.15) is 21.5 Å². The van der Waals surface area contributed by atoms with Crippen LogP contribution in [0.15, 0.2) is 77.9 Å². The number of alkyl halides is 3. The summed E-state index contributed by atoms with van der Waals surface area (Å²) in [6.45, 7) is 1.44. The van der Waals surface area contributed by atoms with Gasteiger partial charge in [0.05, 0.1) is 23.0 Å². The number of hydrogen-bond acceptors (Lipinski definition) is 6. The second kappa shape index (κ2) is 10.5. The molecule has 1 aliphatic heterocycles. The van der Waals surface area contributed by atoms with Gasteiger partial charge in [-0.25, -0.2) is 9.98 Å². The van der Waals surface area contributed by atoms with Gasteiger partial charge in [0.25, 0.3) is 5.91 Å². The van der Waals surface area contributed by atoms with E-state index in [1.165, 1.54) is 29.3 Å². The summed E-state index contributed by atoms with van der Waals surface area (Å²) in [7, 11) is 0. The van der Waals surface area contributed by atoms with E-state index in [1.807, 2.05) is 35.2 Å². The number of anilines is 1. The number of halogens is 3. The van der Waals surface area contributed by atoms with Gasteiger partial charge in [-0.15, -0.1) is 0 Å². The maximum Gasteiger partial charge on any atom is 0.417 e. The molecule has 1 fully saturated rings. The number of benzene rings is 2. The molecule has 35 heavy (non-hydrogen) atoms. The molecular formula is C25H22F3N4O3-. The molecule has 3 aromatic rings. The first-order chi connectivity index (χ1) is 16.8. The fourth-order valence-electron chi connectivity index (χ4n) is 3.71. The third-order valence-corrected chi connectivity index (χ3v) is 5.51. The molecule has 2 heterocycles. The van der Waals surface area contributed by atoms with Crippen LogP contribution in [0.3, 0.4) is 0 Å². The van der Waals surface area contributed by atoms with Crippen LogP contribution in [0, 0.1) is 0 Å². The summed E-state index contributed by atoms with van der Waals surface area (Å²) in [4.78, 5) is 24.3. The van der Waals surface area contributed by atoms with Gasteiger partial charge < -0.3 is 19.6 Å². The van der Waals surface area contributed by atoms with Crippen molar-refractivity contribution in [3.63, 3.8) is 0 Å². The number of aliphatic imine (C=N–C) groups is 1. The van der Waals surface area contributed by atoms with Gasteiger partial charge in [0.1, 0.15) is 5.82 Å². The standard InChI is InChI=1S/C25H23F3N4O3/c26-25(27,28)21-9-5-4-8-20(21)23(33)32-14-12-31(13-15-32)22-11-10-19(16-29-22)30-24(34)35-17-18-6-2-1-3-7-18/h1-11,16H,12-15,17H2,(H,30,34)/p-1. The Hall–Kier alpha value is -4.08. The lowest BCUT2D eigenvalue weighted by Crippen LogP contribution is -2.49. The number of nitrogens with zero attached hydrogens (tertiary/aromatic N) is 4. The molecule has 0 aliphatic carbocycles. The van der Waals surface area contributed by atoms with Crippen molar-refractivity contribution in [1.82, 2.24) is 9.88 Å². The number of amides is 1. The molecule has 10 heteroatoms. The van der Waals surface area contributed by atoms with E-state index in [1.54, 1.807) is 12.1 Å². The number of piperazine rings is 1. The molecule has 1 aliphatic rings. The largest absolute Gasteiger partial charge is 0.595 e. The molecule has 0 unspecified atom stereocenters. The minimum Gasteiger partial charge on any atom is -0.595 e. The van der Waals surface area contributed by atoms with E-state index in [9.17, 15) is 23.1 Å². The first-order valence-corrected chi connectivity index (χ1v) is 10.9. The number of rotatable bonds is 5. The third-order valence-electron chi connectivity index (χ3n) is 5.51. The lowest BCUT2D eigenvalue weighted by atomic mass is 10.1. The molecule has 2 aromatic carbocycles.